The van der Waals surface area contributed by atoms with Gasteiger partial charge in [0.15, 0.2) is 0 Å². The third-order valence-corrected chi connectivity index (χ3v) is 4.81. The Morgan fingerprint density at radius 2 is 1.92 bits per heavy atom. The average molecular weight is 347 g/mol. The van der Waals surface area contributed by atoms with Crippen LogP contribution in [0.25, 0.3) is 11.5 Å². The number of nitrogens with zero attached hydrogens (tertiary/aromatic N) is 3. The minimum Gasteiger partial charge on any atom is -0.421 e. The van der Waals surface area contributed by atoms with Crippen molar-refractivity contribution in [3.05, 3.63) is 65.5 Å². The van der Waals surface area contributed by atoms with Gasteiger partial charge in [0.1, 0.15) is 0 Å². The lowest BCUT2D eigenvalue weighted by Gasteiger charge is -2.29. The molecule has 5 nitrogen and oxygen atoms in total. The summed E-state index contributed by atoms with van der Waals surface area (Å²) in [5.41, 5.74) is 4.30. The van der Waals surface area contributed by atoms with Crippen LogP contribution in [-0.4, -0.2) is 22.6 Å². The van der Waals surface area contributed by atoms with Crippen LogP contribution in [0.1, 0.15) is 29.9 Å². The molecule has 4 rings (SSSR count). The number of amides is 1. The third kappa shape index (κ3) is 3.25. The molecule has 0 fully saturated rings. The van der Waals surface area contributed by atoms with Gasteiger partial charge in [0, 0.05) is 30.6 Å². The van der Waals surface area contributed by atoms with E-state index in [1.54, 1.807) is 0 Å². The zero-order valence-electron chi connectivity index (χ0n) is 14.8. The lowest BCUT2D eigenvalue weighted by molar-refractivity contribution is -0.118. The van der Waals surface area contributed by atoms with Crippen molar-refractivity contribution in [2.45, 2.75) is 32.6 Å². The van der Waals surface area contributed by atoms with Crippen molar-refractivity contribution in [3.8, 4) is 11.5 Å². The van der Waals surface area contributed by atoms with Gasteiger partial charge in [-0.1, -0.05) is 36.4 Å². The maximum atomic E-state index is 12.7. The molecule has 3 aromatic rings. The van der Waals surface area contributed by atoms with Crippen LogP contribution in [0, 0.1) is 6.92 Å². The number of hydrogen-bond acceptors (Lipinski definition) is 4. The van der Waals surface area contributed by atoms with E-state index >= 15 is 0 Å². The Morgan fingerprint density at radius 3 is 2.81 bits per heavy atom. The van der Waals surface area contributed by atoms with E-state index in [0.717, 1.165) is 36.2 Å². The summed E-state index contributed by atoms with van der Waals surface area (Å²) in [6.45, 7) is 2.78. The molecule has 0 saturated heterocycles. The van der Waals surface area contributed by atoms with Gasteiger partial charge >= 0.3 is 0 Å². The van der Waals surface area contributed by atoms with Crippen LogP contribution < -0.4 is 4.90 Å². The van der Waals surface area contributed by atoms with Crippen LogP contribution in [0.5, 0.6) is 0 Å². The number of para-hydroxylation sites is 1. The number of fused-ring (bicyclic) bond motifs is 1. The number of aromatic nitrogens is 2. The van der Waals surface area contributed by atoms with Gasteiger partial charge in [-0.05, 0) is 43.0 Å². The van der Waals surface area contributed by atoms with E-state index < -0.39 is 0 Å². The van der Waals surface area contributed by atoms with Crippen LogP contribution in [0.2, 0.25) is 0 Å². The number of anilines is 1. The van der Waals surface area contributed by atoms with Gasteiger partial charge in [-0.15, -0.1) is 10.2 Å². The van der Waals surface area contributed by atoms with Crippen LogP contribution >= 0.6 is 0 Å². The third-order valence-electron chi connectivity index (χ3n) is 4.81. The summed E-state index contributed by atoms with van der Waals surface area (Å²) in [7, 11) is 0. The first-order valence-corrected chi connectivity index (χ1v) is 8.99. The maximum absolute atomic E-state index is 12.7. The zero-order valence-corrected chi connectivity index (χ0v) is 14.8. The van der Waals surface area contributed by atoms with Crippen LogP contribution in [0.15, 0.2) is 52.9 Å². The van der Waals surface area contributed by atoms with E-state index in [0.29, 0.717) is 24.6 Å². The molecule has 2 aromatic carbocycles. The summed E-state index contributed by atoms with van der Waals surface area (Å²) in [5, 5.41) is 8.24. The summed E-state index contributed by atoms with van der Waals surface area (Å²) < 4.78 is 5.76. The zero-order chi connectivity index (χ0) is 17.9. The fourth-order valence-electron chi connectivity index (χ4n) is 3.42. The molecular weight excluding hydrogens is 326 g/mol. The van der Waals surface area contributed by atoms with Crippen LogP contribution in [-0.2, 0) is 17.6 Å². The molecule has 26 heavy (non-hydrogen) atoms. The highest BCUT2D eigenvalue weighted by Gasteiger charge is 2.22. The quantitative estimate of drug-likeness (QED) is 0.717. The first-order chi connectivity index (χ1) is 12.7. The van der Waals surface area contributed by atoms with Crippen LogP contribution in [0.3, 0.4) is 0 Å². The molecule has 1 amide bonds. The molecule has 0 unspecified atom stereocenters. The van der Waals surface area contributed by atoms with Gasteiger partial charge in [0.05, 0.1) is 0 Å². The summed E-state index contributed by atoms with van der Waals surface area (Å²) in [6, 6.07) is 16.0. The van der Waals surface area contributed by atoms with E-state index in [1.807, 2.05) is 54.3 Å². The van der Waals surface area contributed by atoms with Crippen molar-refractivity contribution in [3.63, 3.8) is 0 Å². The van der Waals surface area contributed by atoms with E-state index in [-0.39, 0.29) is 5.91 Å². The van der Waals surface area contributed by atoms with Crippen molar-refractivity contribution >= 4 is 11.6 Å². The van der Waals surface area contributed by atoms with Gasteiger partial charge in [0.2, 0.25) is 17.7 Å². The summed E-state index contributed by atoms with van der Waals surface area (Å²) in [6.07, 6.45) is 2.85. The number of carbonyl (C=O) groups excluding carboxylic acids is 1. The van der Waals surface area contributed by atoms with Gasteiger partial charge < -0.3 is 9.32 Å². The normalized spacial score (nSPS) is 13.5. The number of carbonyl (C=O) groups is 1. The molecule has 0 radical (unpaired) electrons. The number of benzene rings is 2. The molecule has 1 aliphatic rings. The molecule has 132 valence electrons. The van der Waals surface area contributed by atoms with E-state index in [2.05, 4.69) is 16.3 Å². The van der Waals surface area contributed by atoms with Gasteiger partial charge in [-0.25, -0.2) is 0 Å². The predicted octanol–water partition coefficient (Wildman–Crippen LogP) is 3.96. The first-order valence-electron chi connectivity index (χ1n) is 8.99. The Kier molecular flexibility index (Phi) is 4.52. The van der Waals surface area contributed by atoms with E-state index in [9.17, 15) is 4.79 Å². The van der Waals surface area contributed by atoms with Crippen LogP contribution in [0.4, 0.5) is 5.69 Å². The van der Waals surface area contributed by atoms with E-state index in [4.69, 9.17) is 4.42 Å². The van der Waals surface area contributed by atoms with Gasteiger partial charge in [0.25, 0.3) is 0 Å². The van der Waals surface area contributed by atoms with Crippen molar-refractivity contribution in [1.82, 2.24) is 10.2 Å². The minimum atomic E-state index is 0.104. The van der Waals surface area contributed by atoms with E-state index in [1.165, 1.54) is 5.56 Å². The van der Waals surface area contributed by atoms with Crippen molar-refractivity contribution < 1.29 is 9.21 Å². The molecule has 0 N–H and O–H groups in total. The Labute approximate surface area is 152 Å². The van der Waals surface area contributed by atoms with Gasteiger partial charge in [-0.3, -0.25) is 4.79 Å². The topological polar surface area (TPSA) is 59.2 Å². The van der Waals surface area contributed by atoms with Crippen molar-refractivity contribution in [2.24, 2.45) is 0 Å². The molecule has 0 bridgehead atoms. The standard InChI is InChI=1S/C21H21N3O2/c1-15-7-2-4-10-17(15)21-23-22-19(26-21)12-13-20(25)24-14-6-9-16-8-3-5-11-18(16)24/h2-5,7-8,10-11H,6,9,12-14H2,1H3. The molecule has 0 atom stereocenters. The first kappa shape index (κ1) is 16.5. The summed E-state index contributed by atoms with van der Waals surface area (Å²) >= 11 is 0. The smallest absolute Gasteiger partial charge is 0.247 e. The molecule has 1 aromatic heterocycles. The second kappa shape index (κ2) is 7.12. The highest BCUT2D eigenvalue weighted by Crippen LogP contribution is 2.27. The Morgan fingerprint density at radius 1 is 1.12 bits per heavy atom. The molecule has 5 heteroatoms. The van der Waals surface area contributed by atoms with Crippen molar-refractivity contribution in [2.75, 3.05) is 11.4 Å². The lowest BCUT2D eigenvalue weighted by atomic mass is 10.0. The molecule has 1 aliphatic heterocycles. The number of hydrogen-bond donors (Lipinski definition) is 0. The maximum Gasteiger partial charge on any atom is 0.247 e. The monoisotopic (exact) mass is 347 g/mol. The fraction of sp³-hybridized carbons (Fsp3) is 0.286. The Balaban J connectivity index is 1.44. The Hall–Kier alpha value is -2.95. The molecule has 0 aliphatic carbocycles. The molecule has 2 heterocycles. The summed E-state index contributed by atoms with van der Waals surface area (Å²) in [5.74, 6) is 1.11. The molecule has 0 spiro atoms. The Bertz CT molecular complexity index is 932. The second-order valence-corrected chi connectivity index (χ2v) is 6.59. The molecular formula is C21H21N3O2. The average Bonchev–Trinajstić information content (AvgIpc) is 3.15. The highest BCUT2D eigenvalue weighted by molar-refractivity contribution is 5.94. The largest absolute Gasteiger partial charge is 0.421 e. The fourth-order valence-corrected chi connectivity index (χ4v) is 3.42. The lowest BCUT2D eigenvalue weighted by Crippen LogP contribution is -2.35. The second-order valence-electron chi connectivity index (χ2n) is 6.59. The highest BCUT2D eigenvalue weighted by atomic mass is 16.4. The predicted molar refractivity (Wildman–Crippen MR) is 99.9 cm³/mol. The van der Waals surface area contributed by atoms with Crippen molar-refractivity contribution in [1.29, 1.82) is 0 Å². The summed E-state index contributed by atoms with van der Waals surface area (Å²) in [4.78, 5) is 14.6. The SMILES string of the molecule is Cc1ccccc1-c1nnc(CCC(=O)N2CCCc3ccccc32)o1. The minimum absolute atomic E-state index is 0.104. The molecule has 0 saturated carbocycles. The van der Waals surface area contributed by atoms with Gasteiger partial charge in [-0.2, -0.15) is 0 Å². The number of aryl methyl sites for hydroxylation is 3. The number of rotatable bonds is 4.